The van der Waals surface area contributed by atoms with Crippen LogP contribution in [0, 0.1) is 5.41 Å². The second-order valence-corrected chi connectivity index (χ2v) is 5.21. The zero-order valence-electron chi connectivity index (χ0n) is 10.9. The molecule has 0 heterocycles. The SMILES string of the molecule is CCOC(CN)CC(=O)NC1CC(O)C1(C)C. The van der Waals surface area contributed by atoms with Gasteiger partial charge in [0.15, 0.2) is 0 Å². The van der Waals surface area contributed by atoms with Gasteiger partial charge in [-0.3, -0.25) is 4.79 Å². The van der Waals surface area contributed by atoms with Crippen molar-refractivity contribution in [1.29, 1.82) is 0 Å². The summed E-state index contributed by atoms with van der Waals surface area (Å²) >= 11 is 0. The number of aliphatic hydroxyl groups is 1. The molecule has 0 radical (unpaired) electrons. The molecule has 0 aromatic heterocycles. The largest absolute Gasteiger partial charge is 0.392 e. The summed E-state index contributed by atoms with van der Waals surface area (Å²) in [6.45, 7) is 6.69. The van der Waals surface area contributed by atoms with E-state index in [1.807, 2.05) is 20.8 Å². The Labute approximate surface area is 103 Å². The van der Waals surface area contributed by atoms with E-state index in [9.17, 15) is 9.90 Å². The first kappa shape index (κ1) is 14.4. The van der Waals surface area contributed by atoms with E-state index in [1.54, 1.807) is 0 Å². The lowest BCUT2D eigenvalue weighted by Crippen LogP contribution is -2.61. The van der Waals surface area contributed by atoms with Crippen LogP contribution in [0.4, 0.5) is 0 Å². The van der Waals surface area contributed by atoms with E-state index in [0.29, 0.717) is 19.6 Å². The van der Waals surface area contributed by atoms with E-state index in [0.717, 1.165) is 0 Å². The molecule has 5 nitrogen and oxygen atoms in total. The van der Waals surface area contributed by atoms with Crippen LogP contribution < -0.4 is 11.1 Å². The fourth-order valence-corrected chi connectivity index (χ4v) is 2.05. The molecule has 1 aliphatic carbocycles. The molecule has 0 bridgehead atoms. The summed E-state index contributed by atoms with van der Waals surface area (Å²) in [5.41, 5.74) is 5.28. The number of rotatable bonds is 6. The van der Waals surface area contributed by atoms with Gasteiger partial charge in [0, 0.05) is 24.6 Å². The van der Waals surface area contributed by atoms with Crippen LogP contribution in [0.3, 0.4) is 0 Å². The fourth-order valence-electron chi connectivity index (χ4n) is 2.05. The Balaban J connectivity index is 2.35. The Morgan fingerprint density at radius 2 is 2.29 bits per heavy atom. The number of carbonyl (C=O) groups is 1. The summed E-state index contributed by atoms with van der Waals surface area (Å²) in [6, 6.07) is 0.0463. The van der Waals surface area contributed by atoms with E-state index < -0.39 is 0 Å². The van der Waals surface area contributed by atoms with Gasteiger partial charge in [-0.25, -0.2) is 0 Å². The van der Waals surface area contributed by atoms with Crippen LogP contribution in [0.5, 0.6) is 0 Å². The molecule has 5 heteroatoms. The standard InChI is InChI=1S/C12H24N2O3/c1-4-17-8(7-13)5-11(16)14-9-6-10(15)12(9,2)3/h8-10,15H,4-7,13H2,1-3H3,(H,14,16). The topological polar surface area (TPSA) is 84.6 Å². The molecule has 0 aliphatic heterocycles. The summed E-state index contributed by atoms with van der Waals surface area (Å²) in [5, 5.41) is 12.5. The van der Waals surface area contributed by atoms with Gasteiger partial charge in [-0.15, -0.1) is 0 Å². The smallest absolute Gasteiger partial charge is 0.222 e. The highest BCUT2D eigenvalue weighted by Crippen LogP contribution is 2.40. The van der Waals surface area contributed by atoms with Crippen molar-refractivity contribution in [1.82, 2.24) is 5.32 Å². The molecule has 1 amide bonds. The molecule has 1 rings (SSSR count). The Morgan fingerprint density at radius 1 is 1.65 bits per heavy atom. The zero-order chi connectivity index (χ0) is 13.1. The first-order chi connectivity index (χ1) is 7.91. The number of nitrogens with two attached hydrogens (primary N) is 1. The van der Waals surface area contributed by atoms with Gasteiger partial charge >= 0.3 is 0 Å². The van der Waals surface area contributed by atoms with Crippen LogP contribution in [0.2, 0.25) is 0 Å². The highest BCUT2D eigenvalue weighted by atomic mass is 16.5. The Bertz CT molecular complexity index is 268. The third-order valence-corrected chi connectivity index (χ3v) is 3.63. The molecule has 3 unspecified atom stereocenters. The summed E-state index contributed by atoms with van der Waals surface area (Å²) in [4.78, 5) is 11.8. The first-order valence-corrected chi connectivity index (χ1v) is 6.20. The lowest BCUT2D eigenvalue weighted by molar-refractivity contribution is -0.131. The van der Waals surface area contributed by atoms with E-state index in [4.69, 9.17) is 10.5 Å². The molecule has 0 spiro atoms. The number of hydrogen-bond donors (Lipinski definition) is 3. The van der Waals surface area contributed by atoms with Crippen molar-refractivity contribution in [3.8, 4) is 0 Å². The van der Waals surface area contributed by atoms with Crippen LogP contribution in [0.25, 0.3) is 0 Å². The third-order valence-electron chi connectivity index (χ3n) is 3.63. The number of carbonyl (C=O) groups excluding carboxylic acids is 1. The molecule has 0 aromatic carbocycles. The van der Waals surface area contributed by atoms with E-state index in [1.165, 1.54) is 0 Å². The average Bonchev–Trinajstić information content (AvgIpc) is 2.28. The quantitative estimate of drug-likeness (QED) is 0.615. The number of amides is 1. The second kappa shape index (κ2) is 5.80. The van der Waals surface area contributed by atoms with Crippen molar-refractivity contribution in [3.63, 3.8) is 0 Å². The molecule has 0 aromatic rings. The molecule has 3 atom stereocenters. The minimum Gasteiger partial charge on any atom is -0.392 e. The van der Waals surface area contributed by atoms with Gasteiger partial charge in [0.1, 0.15) is 0 Å². The monoisotopic (exact) mass is 244 g/mol. The molecule has 1 fully saturated rings. The van der Waals surface area contributed by atoms with Gasteiger partial charge in [-0.1, -0.05) is 13.8 Å². The maximum absolute atomic E-state index is 11.8. The molecule has 100 valence electrons. The molecule has 17 heavy (non-hydrogen) atoms. The average molecular weight is 244 g/mol. The highest BCUT2D eigenvalue weighted by Gasteiger charge is 2.47. The molecule has 4 N–H and O–H groups in total. The van der Waals surface area contributed by atoms with E-state index >= 15 is 0 Å². The first-order valence-electron chi connectivity index (χ1n) is 6.20. The zero-order valence-corrected chi connectivity index (χ0v) is 10.9. The lowest BCUT2D eigenvalue weighted by atomic mass is 9.64. The van der Waals surface area contributed by atoms with Crippen LogP contribution in [0.15, 0.2) is 0 Å². The van der Waals surface area contributed by atoms with E-state index in [-0.39, 0.29) is 36.0 Å². The van der Waals surface area contributed by atoms with Crippen molar-refractivity contribution in [3.05, 3.63) is 0 Å². The van der Waals surface area contributed by atoms with Gasteiger partial charge in [-0.05, 0) is 13.3 Å². The van der Waals surface area contributed by atoms with Gasteiger partial charge in [0.05, 0.1) is 18.6 Å². The summed E-state index contributed by atoms with van der Waals surface area (Å²) in [6.07, 6.45) is 0.367. The highest BCUT2D eigenvalue weighted by molar-refractivity contribution is 5.77. The van der Waals surface area contributed by atoms with Crippen LogP contribution in [-0.2, 0) is 9.53 Å². The second-order valence-electron chi connectivity index (χ2n) is 5.21. The summed E-state index contributed by atoms with van der Waals surface area (Å²) in [5.74, 6) is -0.0566. The van der Waals surface area contributed by atoms with Crippen LogP contribution in [0.1, 0.15) is 33.6 Å². The maximum atomic E-state index is 11.8. The molecular weight excluding hydrogens is 220 g/mol. The molecule has 0 saturated heterocycles. The number of hydrogen-bond acceptors (Lipinski definition) is 4. The number of nitrogens with one attached hydrogen (secondary N) is 1. The Morgan fingerprint density at radius 3 is 2.71 bits per heavy atom. The Kier molecular flexibility index (Phi) is 4.91. The van der Waals surface area contributed by atoms with Gasteiger partial charge < -0.3 is 20.9 Å². The van der Waals surface area contributed by atoms with Gasteiger partial charge in [0.25, 0.3) is 0 Å². The van der Waals surface area contributed by atoms with Crippen molar-refractivity contribution >= 4 is 5.91 Å². The lowest BCUT2D eigenvalue weighted by Gasteiger charge is -2.49. The predicted octanol–water partition coefficient (Wildman–Crippen LogP) is 0.0159. The third kappa shape index (κ3) is 3.40. The molecular formula is C12H24N2O3. The molecule has 1 aliphatic rings. The summed E-state index contributed by atoms with van der Waals surface area (Å²) in [7, 11) is 0. The van der Waals surface area contributed by atoms with Crippen molar-refractivity contribution in [2.45, 2.75) is 51.9 Å². The number of ether oxygens (including phenoxy) is 1. The fraction of sp³-hybridized carbons (Fsp3) is 0.917. The Hall–Kier alpha value is -0.650. The van der Waals surface area contributed by atoms with E-state index in [2.05, 4.69) is 5.32 Å². The van der Waals surface area contributed by atoms with Crippen LogP contribution >= 0.6 is 0 Å². The summed E-state index contributed by atoms with van der Waals surface area (Å²) < 4.78 is 5.33. The minimum atomic E-state index is -0.329. The van der Waals surface area contributed by atoms with Crippen molar-refractivity contribution in [2.24, 2.45) is 11.1 Å². The minimum absolute atomic E-state index is 0.0463. The van der Waals surface area contributed by atoms with Crippen LogP contribution in [-0.4, -0.2) is 42.4 Å². The van der Waals surface area contributed by atoms with Gasteiger partial charge in [-0.2, -0.15) is 0 Å². The normalized spacial score (nSPS) is 28.3. The predicted molar refractivity (Wildman–Crippen MR) is 65.4 cm³/mol. The maximum Gasteiger partial charge on any atom is 0.222 e. The van der Waals surface area contributed by atoms with Crippen molar-refractivity contribution in [2.75, 3.05) is 13.2 Å². The van der Waals surface area contributed by atoms with Crippen molar-refractivity contribution < 1.29 is 14.6 Å². The number of aliphatic hydroxyl groups excluding tert-OH is 1. The van der Waals surface area contributed by atoms with Gasteiger partial charge in [0.2, 0.25) is 5.91 Å². The molecule has 1 saturated carbocycles.